The van der Waals surface area contributed by atoms with E-state index in [9.17, 15) is 14.4 Å². The summed E-state index contributed by atoms with van der Waals surface area (Å²) in [6.07, 6.45) is 0.746. The van der Waals surface area contributed by atoms with Gasteiger partial charge in [0.05, 0.1) is 11.4 Å². The molecule has 1 aliphatic rings. The lowest BCUT2D eigenvalue weighted by molar-refractivity contribution is -0.121. The first kappa shape index (κ1) is 11.7. The van der Waals surface area contributed by atoms with Crippen molar-refractivity contribution in [3.8, 4) is 0 Å². The minimum absolute atomic E-state index is 0.132. The number of benzene rings is 1. The van der Waals surface area contributed by atoms with Crippen LogP contribution in [0.25, 0.3) is 0 Å². The number of hydrogen-bond donors (Lipinski definition) is 1. The number of carbonyl (C=O) groups excluding carboxylic acids is 3. The molecular formula is C11H10N2O3S. The third-order valence-electron chi connectivity index (χ3n) is 2.38. The number of nitrogens with two attached hydrogens (primary N) is 1. The van der Waals surface area contributed by atoms with E-state index in [2.05, 4.69) is 0 Å². The van der Waals surface area contributed by atoms with Crippen LogP contribution in [0.5, 0.6) is 0 Å². The fourth-order valence-corrected chi connectivity index (χ4v) is 2.60. The van der Waals surface area contributed by atoms with Crippen LogP contribution in [0.4, 0.5) is 5.69 Å². The van der Waals surface area contributed by atoms with Crippen molar-refractivity contribution >= 4 is 35.5 Å². The zero-order valence-corrected chi connectivity index (χ0v) is 9.70. The van der Waals surface area contributed by atoms with Crippen molar-refractivity contribution in [2.24, 2.45) is 5.73 Å². The fourth-order valence-electron chi connectivity index (χ4n) is 1.62. The SMILES string of the molecule is NC(=O)CN1C(=O)CSc2cc(C=O)ccc21. The molecule has 1 aromatic carbocycles. The van der Waals surface area contributed by atoms with Crippen LogP contribution in [0, 0.1) is 0 Å². The van der Waals surface area contributed by atoms with Crippen LogP contribution >= 0.6 is 11.8 Å². The minimum Gasteiger partial charge on any atom is -0.368 e. The van der Waals surface area contributed by atoms with Crippen LogP contribution in [-0.2, 0) is 9.59 Å². The van der Waals surface area contributed by atoms with Gasteiger partial charge in [-0.25, -0.2) is 0 Å². The van der Waals surface area contributed by atoms with Crippen molar-refractivity contribution in [1.29, 1.82) is 0 Å². The molecule has 0 aliphatic carbocycles. The second-order valence-corrected chi connectivity index (χ2v) is 4.60. The van der Waals surface area contributed by atoms with E-state index in [-0.39, 0.29) is 18.2 Å². The van der Waals surface area contributed by atoms with Gasteiger partial charge in [-0.2, -0.15) is 0 Å². The molecule has 0 aromatic heterocycles. The molecule has 0 fully saturated rings. The Morgan fingerprint density at radius 2 is 2.29 bits per heavy atom. The molecule has 2 N–H and O–H groups in total. The molecule has 1 aromatic rings. The maximum Gasteiger partial charge on any atom is 0.237 e. The second kappa shape index (κ2) is 4.58. The average molecular weight is 250 g/mol. The number of amides is 2. The summed E-state index contributed by atoms with van der Waals surface area (Å²) in [5.74, 6) is -0.460. The largest absolute Gasteiger partial charge is 0.368 e. The first-order valence-electron chi connectivity index (χ1n) is 4.92. The first-order chi connectivity index (χ1) is 8.11. The second-order valence-electron chi connectivity index (χ2n) is 3.58. The highest BCUT2D eigenvalue weighted by atomic mass is 32.2. The summed E-state index contributed by atoms with van der Waals surface area (Å²) in [5.41, 5.74) is 6.28. The van der Waals surface area contributed by atoms with Gasteiger partial charge in [0.15, 0.2) is 0 Å². The maximum atomic E-state index is 11.7. The number of thioether (sulfide) groups is 1. The highest BCUT2D eigenvalue weighted by molar-refractivity contribution is 8.00. The third kappa shape index (κ3) is 2.31. The van der Waals surface area contributed by atoms with E-state index >= 15 is 0 Å². The molecule has 1 aliphatic heterocycles. The van der Waals surface area contributed by atoms with E-state index in [0.29, 0.717) is 11.3 Å². The van der Waals surface area contributed by atoms with Crippen LogP contribution in [0.3, 0.4) is 0 Å². The highest BCUT2D eigenvalue weighted by Gasteiger charge is 2.25. The zero-order chi connectivity index (χ0) is 12.4. The molecule has 6 heteroatoms. The number of primary amides is 1. The van der Waals surface area contributed by atoms with Crippen LogP contribution in [0.15, 0.2) is 23.1 Å². The summed E-state index contributed by atoms with van der Waals surface area (Å²) in [6.45, 7) is -0.132. The lowest BCUT2D eigenvalue weighted by Gasteiger charge is -2.27. The Bertz CT molecular complexity index is 501. The Hall–Kier alpha value is -1.82. The quantitative estimate of drug-likeness (QED) is 0.788. The van der Waals surface area contributed by atoms with Crippen LogP contribution in [0.2, 0.25) is 0 Å². The Morgan fingerprint density at radius 3 is 2.94 bits per heavy atom. The molecule has 2 amide bonds. The van der Waals surface area contributed by atoms with Gasteiger partial charge >= 0.3 is 0 Å². The van der Waals surface area contributed by atoms with E-state index in [4.69, 9.17) is 5.73 Å². The summed E-state index contributed by atoms with van der Waals surface area (Å²) in [5, 5.41) is 0. The summed E-state index contributed by atoms with van der Waals surface area (Å²) in [7, 11) is 0. The molecule has 0 unspecified atom stereocenters. The van der Waals surface area contributed by atoms with Crippen molar-refractivity contribution in [3.05, 3.63) is 23.8 Å². The summed E-state index contributed by atoms with van der Waals surface area (Å²) in [6, 6.07) is 4.97. The van der Waals surface area contributed by atoms with Gasteiger partial charge in [0.2, 0.25) is 11.8 Å². The molecule has 0 spiro atoms. The maximum absolute atomic E-state index is 11.7. The van der Waals surface area contributed by atoms with E-state index in [1.54, 1.807) is 18.2 Å². The number of carbonyl (C=O) groups is 3. The van der Waals surface area contributed by atoms with Crippen molar-refractivity contribution in [1.82, 2.24) is 0 Å². The zero-order valence-electron chi connectivity index (χ0n) is 8.88. The van der Waals surface area contributed by atoms with Gasteiger partial charge in [-0.15, -0.1) is 11.8 Å². The van der Waals surface area contributed by atoms with E-state index in [1.165, 1.54) is 16.7 Å². The first-order valence-corrected chi connectivity index (χ1v) is 5.91. The monoisotopic (exact) mass is 250 g/mol. The van der Waals surface area contributed by atoms with Crippen molar-refractivity contribution < 1.29 is 14.4 Å². The molecule has 0 bridgehead atoms. The smallest absolute Gasteiger partial charge is 0.237 e. The number of nitrogens with zero attached hydrogens (tertiary/aromatic N) is 1. The molecule has 0 saturated heterocycles. The number of anilines is 1. The Balaban J connectivity index is 2.41. The van der Waals surface area contributed by atoms with Gasteiger partial charge in [0, 0.05) is 10.5 Å². The average Bonchev–Trinajstić information content (AvgIpc) is 2.32. The topological polar surface area (TPSA) is 80.5 Å². The van der Waals surface area contributed by atoms with E-state index in [1.807, 2.05) is 0 Å². The van der Waals surface area contributed by atoms with Crippen molar-refractivity contribution in [2.45, 2.75) is 4.90 Å². The van der Waals surface area contributed by atoms with Gasteiger partial charge in [0.1, 0.15) is 12.8 Å². The normalized spacial score (nSPS) is 14.4. The predicted molar refractivity (Wildman–Crippen MR) is 64.1 cm³/mol. The molecule has 0 radical (unpaired) electrons. The number of hydrogen-bond acceptors (Lipinski definition) is 4. The predicted octanol–water partition coefficient (Wildman–Crippen LogP) is 0.423. The van der Waals surface area contributed by atoms with Crippen LogP contribution in [0.1, 0.15) is 10.4 Å². The van der Waals surface area contributed by atoms with Gasteiger partial charge in [-0.1, -0.05) is 0 Å². The third-order valence-corrected chi connectivity index (χ3v) is 3.41. The minimum atomic E-state index is -0.560. The lowest BCUT2D eigenvalue weighted by atomic mass is 10.2. The Kier molecular flexibility index (Phi) is 3.14. The Labute approximate surface area is 102 Å². The van der Waals surface area contributed by atoms with Crippen molar-refractivity contribution in [3.63, 3.8) is 0 Å². The van der Waals surface area contributed by atoms with E-state index < -0.39 is 5.91 Å². The molecule has 0 atom stereocenters. The van der Waals surface area contributed by atoms with E-state index in [0.717, 1.165) is 11.2 Å². The number of fused-ring (bicyclic) bond motifs is 1. The summed E-state index contributed by atoms with van der Waals surface area (Å²) >= 11 is 1.35. The van der Waals surface area contributed by atoms with Crippen LogP contribution in [-0.4, -0.2) is 30.4 Å². The molecule has 5 nitrogen and oxygen atoms in total. The van der Waals surface area contributed by atoms with Gasteiger partial charge in [0.25, 0.3) is 0 Å². The van der Waals surface area contributed by atoms with Crippen molar-refractivity contribution in [2.75, 3.05) is 17.2 Å². The highest BCUT2D eigenvalue weighted by Crippen LogP contribution is 2.35. The Morgan fingerprint density at radius 1 is 1.53 bits per heavy atom. The van der Waals surface area contributed by atoms with Crippen LogP contribution < -0.4 is 10.6 Å². The summed E-state index contributed by atoms with van der Waals surface area (Å²) < 4.78 is 0. The standard InChI is InChI=1S/C11H10N2O3S/c12-10(15)4-13-8-2-1-7(5-14)3-9(8)17-6-11(13)16/h1-3,5H,4,6H2,(H2,12,15). The molecular weight excluding hydrogens is 240 g/mol. The molecule has 1 heterocycles. The molecule has 17 heavy (non-hydrogen) atoms. The molecule has 88 valence electrons. The number of rotatable bonds is 3. The van der Waals surface area contributed by atoms with Gasteiger partial charge in [-0.05, 0) is 18.2 Å². The van der Waals surface area contributed by atoms with Gasteiger partial charge < -0.3 is 10.6 Å². The number of aldehydes is 1. The molecule has 2 rings (SSSR count). The van der Waals surface area contributed by atoms with Gasteiger partial charge in [-0.3, -0.25) is 14.4 Å². The molecule has 0 saturated carbocycles. The summed E-state index contributed by atoms with van der Waals surface area (Å²) in [4.78, 5) is 35.4. The lowest BCUT2D eigenvalue weighted by Crippen LogP contribution is -2.41. The fraction of sp³-hybridized carbons (Fsp3) is 0.182.